The number of anilines is 1. The highest BCUT2D eigenvalue weighted by Crippen LogP contribution is 2.23. The van der Waals surface area contributed by atoms with E-state index in [-0.39, 0.29) is 16.9 Å². The summed E-state index contributed by atoms with van der Waals surface area (Å²) in [5.41, 5.74) is 5.75. The first kappa shape index (κ1) is 11.0. The first-order chi connectivity index (χ1) is 8.09. The molecule has 6 heteroatoms. The summed E-state index contributed by atoms with van der Waals surface area (Å²) in [5, 5.41) is 8.88. The van der Waals surface area contributed by atoms with Gasteiger partial charge in [-0.15, -0.1) is 0 Å². The number of carbonyl (C=O) groups is 1. The van der Waals surface area contributed by atoms with E-state index in [0.29, 0.717) is 5.56 Å². The van der Waals surface area contributed by atoms with Crippen LogP contribution in [0, 0.1) is 5.95 Å². The molecule has 0 aliphatic carbocycles. The van der Waals surface area contributed by atoms with Crippen molar-refractivity contribution in [3.8, 4) is 11.1 Å². The van der Waals surface area contributed by atoms with Gasteiger partial charge >= 0.3 is 5.97 Å². The Balaban J connectivity index is 2.58. The van der Waals surface area contributed by atoms with Gasteiger partial charge in [0.2, 0.25) is 5.95 Å². The van der Waals surface area contributed by atoms with Crippen molar-refractivity contribution in [3.63, 3.8) is 0 Å². The second-order valence-corrected chi connectivity index (χ2v) is 3.30. The Morgan fingerprint density at radius 1 is 1.41 bits per heavy atom. The van der Waals surface area contributed by atoms with Crippen LogP contribution in [0.3, 0.4) is 0 Å². The molecule has 0 atom stereocenters. The van der Waals surface area contributed by atoms with Gasteiger partial charge in [0.1, 0.15) is 11.4 Å². The molecule has 0 fully saturated rings. The number of aromatic carboxylic acids is 1. The van der Waals surface area contributed by atoms with Crippen molar-refractivity contribution in [3.05, 3.63) is 42.1 Å². The summed E-state index contributed by atoms with van der Waals surface area (Å²) in [5.74, 6) is -2.00. The number of nitrogen functional groups attached to an aromatic ring is 1. The molecule has 0 amide bonds. The minimum atomic E-state index is -1.21. The van der Waals surface area contributed by atoms with E-state index in [0.717, 1.165) is 0 Å². The third kappa shape index (κ3) is 2.05. The molecule has 2 aromatic heterocycles. The number of nitrogens with two attached hydrogens (primary N) is 1. The van der Waals surface area contributed by atoms with Crippen molar-refractivity contribution < 1.29 is 14.3 Å². The lowest BCUT2D eigenvalue weighted by atomic mass is 10.1. The Bertz CT molecular complexity index is 587. The number of nitrogens with zero attached hydrogens (tertiary/aromatic N) is 2. The van der Waals surface area contributed by atoms with Crippen LogP contribution in [0.5, 0.6) is 0 Å². The molecule has 2 aromatic rings. The molecule has 86 valence electrons. The van der Waals surface area contributed by atoms with E-state index >= 15 is 0 Å². The molecule has 3 N–H and O–H groups in total. The van der Waals surface area contributed by atoms with Gasteiger partial charge in [-0.3, -0.25) is 0 Å². The molecule has 0 aliphatic rings. The monoisotopic (exact) mass is 233 g/mol. The lowest BCUT2D eigenvalue weighted by Crippen LogP contribution is -2.05. The van der Waals surface area contributed by atoms with E-state index in [1.807, 2.05) is 0 Å². The summed E-state index contributed by atoms with van der Waals surface area (Å²) in [6.07, 6.45) is 2.61. The molecule has 0 radical (unpaired) electrons. The maximum absolute atomic E-state index is 13.4. The van der Waals surface area contributed by atoms with E-state index in [4.69, 9.17) is 10.8 Å². The van der Waals surface area contributed by atoms with Gasteiger partial charge in [0.05, 0.1) is 0 Å². The first-order valence-electron chi connectivity index (χ1n) is 4.69. The van der Waals surface area contributed by atoms with Crippen LogP contribution < -0.4 is 5.73 Å². The Labute approximate surface area is 95.8 Å². The molecule has 0 spiro atoms. The number of carboxylic acids is 1. The smallest absolute Gasteiger partial charge is 0.339 e. The van der Waals surface area contributed by atoms with E-state index in [9.17, 15) is 9.18 Å². The summed E-state index contributed by atoms with van der Waals surface area (Å²) in [6.45, 7) is 0. The average molecular weight is 233 g/mol. The molecule has 0 bridgehead atoms. The van der Waals surface area contributed by atoms with Crippen molar-refractivity contribution in [2.24, 2.45) is 0 Å². The standard InChI is InChI=1S/C11H8FN3O2/c12-9-7(2-1-3-14-9)6-4-8(11(16)17)10(13)15-5-6/h1-5H,(H2,13,15)(H,16,17). The van der Waals surface area contributed by atoms with E-state index in [2.05, 4.69) is 9.97 Å². The Morgan fingerprint density at radius 2 is 2.18 bits per heavy atom. The molecule has 2 heterocycles. The zero-order chi connectivity index (χ0) is 12.4. The third-order valence-electron chi connectivity index (χ3n) is 2.22. The van der Waals surface area contributed by atoms with Gasteiger partial charge < -0.3 is 10.8 Å². The highest BCUT2D eigenvalue weighted by Gasteiger charge is 2.13. The van der Waals surface area contributed by atoms with Crippen LogP contribution >= 0.6 is 0 Å². The van der Waals surface area contributed by atoms with Gasteiger partial charge in [0.15, 0.2) is 0 Å². The maximum atomic E-state index is 13.4. The van der Waals surface area contributed by atoms with Crippen molar-refractivity contribution in [2.45, 2.75) is 0 Å². The molecule has 2 rings (SSSR count). The van der Waals surface area contributed by atoms with Crippen LogP contribution in [0.1, 0.15) is 10.4 Å². The lowest BCUT2D eigenvalue weighted by molar-refractivity contribution is 0.0697. The van der Waals surface area contributed by atoms with Crippen LogP contribution in [-0.4, -0.2) is 21.0 Å². The SMILES string of the molecule is Nc1ncc(-c2cccnc2F)cc1C(=O)O. The molecule has 17 heavy (non-hydrogen) atoms. The molecule has 0 saturated carbocycles. The second kappa shape index (κ2) is 4.17. The molecule has 5 nitrogen and oxygen atoms in total. The highest BCUT2D eigenvalue weighted by molar-refractivity contribution is 5.94. The van der Waals surface area contributed by atoms with Gasteiger partial charge in [-0.1, -0.05) is 0 Å². The second-order valence-electron chi connectivity index (χ2n) is 3.30. The van der Waals surface area contributed by atoms with Gasteiger partial charge in [-0.05, 0) is 18.2 Å². The van der Waals surface area contributed by atoms with Gasteiger partial charge in [-0.25, -0.2) is 14.8 Å². The molecule has 0 saturated heterocycles. The van der Waals surface area contributed by atoms with E-state index in [1.165, 1.54) is 24.5 Å². The molecule has 0 unspecified atom stereocenters. The Hall–Kier alpha value is -2.50. The minimum Gasteiger partial charge on any atom is -0.478 e. The summed E-state index contributed by atoms with van der Waals surface area (Å²) in [4.78, 5) is 18.1. The largest absolute Gasteiger partial charge is 0.478 e. The normalized spacial score (nSPS) is 10.2. The molecule has 0 aliphatic heterocycles. The first-order valence-corrected chi connectivity index (χ1v) is 4.69. The molecular formula is C11H8FN3O2. The van der Waals surface area contributed by atoms with Crippen molar-refractivity contribution in [1.29, 1.82) is 0 Å². The van der Waals surface area contributed by atoms with Crippen LogP contribution in [0.4, 0.5) is 10.2 Å². The summed E-state index contributed by atoms with van der Waals surface area (Å²) >= 11 is 0. The van der Waals surface area contributed by atoms with E-state index < -0.39 is 11.9 Å². The van der Waals surface area contributed by atoms with Crippen LogP contribution in [0.2, 0.25) is 0 Å². The van der Waals surface area contributed by atoms with Gasteiger partial charge in [0, 0.05) is 23.5 Å². The lowest BCUT2D eigenvalue weighted by Gasteiger charge is -2.05. The predicted molar refractivity (Wildman–Crippen MR) is 58.8 cm³/mol. The third-order valence-corrected chi connectivity index (χ3v) is 2.22. The number of rotatable bonds is 2. The average Bonchev–Trinajstić information content (AvgIpc) is 2.30. The number of pyridine rings is 2. The maximum Gasteiger partial charge on any atom is 0.339 e. The number of carboxylic acid groups (broad SMARTS) is 1. The topological polar surface area (TPSA) is 89.1 Å². The van der Waals surface area contributed by atoms with Crippen LogP contribution in [0.15, 0.2) is 30.6 Å². The zero-order valence-corrected chi connectivity index (χ0v) is 8.59. The Kier molecular flexibility index (Phi) is 2.70. The summed E-state index contributed by atoms with van der Waals surface area (Å²) < 4.78 is 13.4. The number of hydrogen-bond donors (Lipinski definition) is 2. The van der Waals surface area contributed by atoms with Crippen molar-refractivity contribution >= 4 is 11.8 Å². The van der Waals surface area contributed by atoms with Crippen LogP contribution in [-0.2, 0) is 0 Å². The Morgan fingerprint density at radius 3 is 2.82 bits per heavy atom. The minimum absolute atomic E-state index is 0.106. The number of hydrogen-bond acceptors (Lipinski definition) is 4. The van der Waals surface area contributed by atoms with Crippen molar-refractivity contribution in [1.82, 2.24) is 9.97 Å². The highest BCUT2D eigenvalue weighted by atomic mass is 19.1. The number of aromatic nitrogens is 2. The summed E-state index contributed by atoms with van der Waals surface area (Å²) in [6, 6.07) is 4.31. The van der Waals surface area contributed by atoms with E-state index in [1.54, 1.807) is 6.07 Å². The fourth-order valence-electron chi connectivity index (χ4n) is 1.40. The molecule has 0 aromatic carbocycles. The molecular weight excluding hydrogens is 225 g/mol. The van der Waals surface area contributed by atoms with Crippen LogP contribution in [0.25, 0.3) is 11.1 Å². The quantitative estimate of drug-likeness (QED) is 0.768. The zero-order valence-electron chi connectivity index (χ0n) is 8.59. The summed E-state index contributed by atoms with van der Waals surface area (Å²) in [7, 11) is 0. The van der Waals surface area contributed by atoms with Gasteiger partial charge in [-0.2, -0.15) is 4.39 Å². The van der Waals surface area contributed by atoms with Crippen molar-refractivity contribution in [2.75, 3.05) is 5.73 Å². The number of halogens is 1. The predicted octanol–water partition coefficient (Wildman–Crippen LogP) is 1.56. The van der Waals surface area contributed by atoms with Gasteiger partial charge in [0.25, 0.3) is 0 Å². The fourth-order valence-corrected chi connectivity index (χ4v) is 1.40. The fraction of sp³-hybridized carbons (Fsp3) is 0.